The van der Waals surface area contributed by atoms with Gasteiger partial charge in [0, 0.05) is 11.8 Å². The maximum atomic E-state index is 11.6. The van der Waals surface area contributed by atoms with Gasteiger partial charge < -0.3 is 9.72 Å². The Morgan fingerprint density at radius 3 is 2.59 bits per heavy atom. The van der Waals surface area contributed by atoms with Crippen LogP contribution in [0.25, 0.3) is 11.1 Å². The largest absolute Gasteiger partial charge is 0.465 e. The predicted molar refractivity (Wildman–Crippen MR) is 63.0 cm³/mol. The van der Waals surface area contributed by atoms with Gasteiger partial charge in [-0.3, -0.25) is 4.79 Å². The second-order valence-corrected chi connectivity index (χ2v) is 3.47. The van der Waals surface area contributed by atoms with E-state index in [-0.39, 0.29) is 0 Å². The van der Waals surface area contributed by atoms with Crippen LogP contribution in [0.5, 0.6) is 0 Å². The average Bonchev–Trinajstić information content (AvgIpc) is 2.82. The van der Waals surface area contributed by atoms with Gasteiger partial charge in [-0.25, -0.2) is 4.79 Å². The molecule has 1 aromatic heterocycles. The number of carbonyl (C=O) groups excluding carboxylic acids is 2. The Labute approximate surface area is 98.2 Å². The zero-order chi connectivity index (χ0) is 12.3. The Morgan fingerprint density at radius 2 is 2.00 bits per heavy atom. The standard InChI is InChI=1S/C13H11NO3/c1-17-13(16)10-7-14-11(8-15)12(10)9-5-3-2-4-6-9/h2-8,14H,1H3. The summed E-state index contributed by atoms with van der Waals surface area (Å²) in [6.07, 6.45) is 2.17. The first-order valence-corrected chi connectivity index (χ1v) is 5.08. The SMILES string of the molecule is COC(=O)c1c[nH]c(C=O)c1-c1ccccc1. The van der Waals surface area contributed by atoms with Crippen molar-refractivity contribution in [1.29, 1.82) is 0 Å². The molecule has 0 bridgehead atoms. The van der Waals surface area contributed by atoms with Crippen molar-refractivity contribution in [2.75, 3.05) is 7.11 Å². The first-order valence-electron chi connectivity index (χ1n) is 5.08. The molecule has 86 valence electrons. The van der Waals surface area contributed by atoms with E-state index in [2.05, 4.69) is 9.72 Å². The number of carbonyl (C=O) groups is 2. The predicted octanol–water partition coefficient (Wildman–Crippen LogP) is 2.28. The first kappa shape index (κ1) is 11.1. The lowest BCUT2D eigenvalue weighted by Gasteiger charge is -2.03. The van der Waals surface area contributed by atoms with Crippen LogP contribution in [0.3, 0.4) is 0 Å². The van der Waals surface area contributed by atoms with E-state index in [4.69, 9.17) is 0 Å². The summed E-state index contributed by atoms with van der Waals surface area (Å²) < 4.78 is 4.68. The molecule has 1 heterocycles. The average molecular weight is 229 g/mol. The number of aromatic amines is 1. The third-order valence-corrected chi connectivity index (χ3v) is 2.50. The van der Waals surface area contributed by atoms with Gasteiger partial charge in [0.15, 0.2) is 6.29 Å². The molecule has 0 amide bonds. The van der Waals surface area contributed by atoms with Gasteiger partial charge in [0.05, 0.1) is 18.4 Å². The molecule has 2 rings (SSSR count). The molecule has 0 saturated heterocycles. The zero-order valence-corrected chi connectivity index (χ0v) is 9.27. The molecule has 0 saturated carbocycles. The zero-order valence-electron chi connectivity index (χ0n) is 9.27. The number of esters is 1. The van der Waals surface area contributed by atoms with E-state index >= 15 is 0 Å². The van der Waals surface area contributed by atoms with Crippen molar-refractivity contribution in [1.82, 2.24) is 4.98 Å². The first-order chi connectivity index (χ1) is 8.27. The Balaban J connectivity index is 2.61. The fourth-order valence-corrected chi connectivity index (χ4v) is 1.72. The minimum atomic E-state index is -0.465. The minimum absolute atomic E-state index is 0.362. The summed E-state index contributed by atoms with van der Waals surface area (Å²) in [4.78, 5) is 25.3. The molecule has 1 aromatic carbocycles. The molecule has 0 aliphatic carbocycles. The number of nitrogens with one attached hydrogen (secondary N) is 1. The molecule has 0 atom stereocenters. The van der Waals surface area contributed by atoms with Gasteiger partial charge >= 0.3 is 5.97 Å². The van der Waals surface area contributed by atoms with E-state index in [1.54, 1.807) is 0 Å². The van der Waals surface area contributed by atoms with Gasteiger partial charge in [-0.15, -0.1) is 0 Å². The smallest absolute Gasteiger partial charge is 0.340 e. The number of hydrogen-bond donors (Lipinski definition) is 1. The number of methoxy groups -OCH3 is 1. The molecule has 1 N–H and O–H groups in total. The van der Waals surface area contributed by atoms with Crippen LogP contribution in [0, 0.1) is 0 Å². The van der Waals surface area contributed by atoms with Gasteiger partial charge in [-0.1, -0.05) is 30.3 Å². The van der Waals surface area contributed by atoms with E-state index in [0.717, 1.165) is 5.56 Å². The molecule has 0 fully saturated rings. The van der Waals surface area contributed by atoms with Crippen molar-refractivity contribution in [3.05, 3.63) is 47.8 Å². The summed E-state index contributed by atoms with van der Waals surface area (Å²) in [6.45, 7) is 0. The summed E-state index contributed by atoms with van der Waals surface area (Å²) in [5.74, 6) is -0.465. The highest BCUT2D eigenvalue weighted by atomic mass is 16.5. The summed E-state index contributed by atoms with van der Waals surface area (Å²) in [5, 5.41) is 0. The highest BCUT2D eigenvalue weighted by Crippen LogP contribution is 2.27. The molecule has 2 aromatic rings. The molecule has 4 nitrogen and oxygen atoms in total. The van der Waals surface area contributed by atoms with E-state index in [0.29, 0.717) is 23.1 Å². The third kappa shape index (κ3) is 1.97. The lowest BCUT2D eigenvalue weighted by molar-refractivity contribution is 0.0602. The van der Waals surface area contributed by atoms with E-state index in [1.807, 2.05) is 30.3 Å². The number of ether oxygens (including phenoxy) is 1. The monoisotopic (exact) mass is 229 g/mol. The highest BCUT2D eigenvalue weighted by Gasteiger charge is 2.18. The fraction of sp³-hybridized carbons (Fsp3) is 0.0769. The van der Waals surface area contributed by atoms with E-state index in [9.17, 15) is 9.59 Å². The number of aldehydes is 1. The minimum Gasteiger partial charge on any atom is -0.465 e. The van der Waals surface area contributed by atoms with Crippen LogP contribution in [0.2, 0.25) is 0 Å². The topological polar surface area (TPSA) is 59.2 Å². The summed E-state index contributed by atoms with van der Waals surface area (Å²) in [6, 6.07) is 9.23. The van der Waals surface area contributed by atoms with Crippen LogP contribution >= 0.6 is 0 Å². The van der Waals surface area contributed by atoms with Crippen LogP contribution in [0.4, 0.5) is 0 Å². The fourth-order valence-electron chi connectivity index (χ4n) is 1.72. The number of benzene rings is 1. The maximum Gasteiger partial charge on any atom is 0.340 e. The van der Waals surface area contributed by atoms with Crippen LogP contribution in [-0.4, -0.2) is 24.3 Å². The number of rotatable bonds is 3. The Hall–Kier alpha value is -2.36. The summed E-state index contributed by atoms with van der Waals surface area (Å²) >= 11 is 0. The molecule has 17 heavy (non-hydrogen) atoms. The van der Waals surface area contributed by atoms with Crippen LogP contribution in [0.15, 0.2) is 36.5 Å². The Kier molecular flexibility index (Phi) is 3.05. The van der Waals surface area contributed by atoms with Crippen LogP contribution in [-0.2, 0) is 4.74 Å². The van der Waals surface area contributed by atoms with Crippen LogP contribution in [0.1, 0.15) is 20.8 Å². The third-order valence-electron chi connectivity index (χ3n) is 2.50. The molecular weight excluding hydrogens is 218 g/mol. The Bertz CT molecular complexity index is 543. The normalized spacial score (nSPS) is 9.94. The molecule has 4 heteroatoms. The molecule has 0 aliphatic heterocycles. The van der Waals surface area contributed by atoms with Crippen molar-refractivity contribution in [3.63, 3.8) is 0 Å². The van der Waals surface area contributed by atoms with Gasteiger partial charge in [0.25, 0.3) is 0 Å². The van der Waals surface area contributed by atoms with Crippen molar-refractivity contribution in [3.8, 4) is 11.1 Å². The molecule has 0 unspecified atom stereocenters. The molecule has 0 radical (unpaired) electrons. The summed E-state index contributed by atoms with van der Waals surface area (Å²) in [7, 11) is 1.31. The van der Waals surface area contributed by atoms with Crippen molar-refractivity contribution in [2.45, 2.75) is 0 Å². The van der Waals surface area contributed by atoms with Crippen molar-refractivity contribution < 1.29 is 14.3 Å². The lowest BCUT2D eigenvalue weighted by atomic mass is 10.0. The Morgan fingerprint density at radius 1 is 1.29 bits per heavy atom. The number of aromatic nitrogens is 1. The van der Waals surface area contributed by atoms with Crippen molar-refractivity contribution >= 4 is 12.3 Å². The molecular formula is C13H11NO3. The van der Waals surface area contributed by atoms with Gasteiger partial charge in [-0.2, -0.15) is 0 Å². The van der Waals surface area contributed by atoms with Gasteiger partial charge in [0.1, 0.15) is 0 Å². The van der Waals surface area contributed by atoms with E-state index in [1.165, 1.54) is 13.3 Å². The van der Waals surface area contributed by atoms with Gasteiger partial charge in [0.2, 0.25) is 0 Å². The highest BCUT2D eigenvalue weighted by molar-refractivity contribution is 6.02. The van der Waals surface area contributed by atoms with Gasteiger partial charge in [-0.05, 0) is 5.56 Å². The molecule has 0 spiro atoms. The second kappa shape index (κ2) is 4.65. The quantitative estimate of drug-likeness (QED) is 0.648. The molecule has 0 aliphatic rings. The van der Waals surface area contributed by atoms with Crippen LogP contribution < -0.4 is 0 Å². The summed E-state index contributed by atoms with van der Waals surface area (Å²) in [5.41, 5.74) is 2.11. The second-order valence-electron chi connectivity index (χ2n) is 3.47. The number of hydrogen-bond acceptors (Lipinski definition) is 3. The number of H-pyrrole nitrogens is 1. The van der Waals surface area contributed by atoms with Crippen molar-refractivity contribution in [2.24, 2.45) is 0 Å². The maximum absolute atomic E-state index is 11.6. The lowest BCUT2D eigenvalue weighted by Crippen LogP contribution is -2.01. The van der Waals surface area contributed by atoms with E-state index < -0.39 is 5.97 Å².